The first-order chi connectivity index (χ1) is 20.5. The van der Waals surface area contributed by atoms with Gasteiger partial charge in [0.1, 0.15) is 28.6 Å². The van der Waals surface area contributed by atoms with Crippen molar-refractivity contribution < 1.29 is 33.0 Å². The number of para-hydroxylation sites is 2. The minimum atomic E-state index is -1.16. The molecule has 1 heterocycles. The lowest BCUT2D eigenvalue weighted by Gasteiger charge is -2.21. The van der Waals surface area contributed by atoms with Gasteiger partial charge in [0.25, 0.3) is 0 Å². The Bertz CT molecular complexity index is 1820. The monoisotopic (exact) mass is 599 g/mol. The molecule has 0 aliphatic heterocycles. The summed E-state index contributed by atoms with van der Waals surface area (Å²) in [6.07, 6.45) is -0.792. The topological polar surface area (TPSA) is 106 Å². The molecule has 4 aromatic carbocycles. The Hall–Kier alpha value is -4.63. The predicted octanol–water partition coefficient (Wildman–Crippen LogP) is 7.83. The van der Waals surface area contributed by atoms with E-state index in [0.29, 0.717) is 28.0 Å². The Morgan fingerprint density at radius 3 is 2.30 bits per heavy atom. The Labute approximate surface area is 252 Å². The second-order valence-corrected chi connectivity index (χ2v) is 12.1. The Morgan fingerprint density at radius 2 is 1.60 bits per heavy atom. The van der Waals surface area contributed by atoms with Crippen LogP contribution >= 0.6 is 11.8 Å². The molecule has 0 saturated carbocycles. The van der Waals surface area contributed by atoms with Gasteiger partial charge in [-0.15, -0.1) is 0 Å². The number of alkyl carbamates (subject to hydrolysis) is 1. The molecule has 9 heteroatoms. The predicted molar refractivity (Wildman–Crippen MR) is 166 cm³/mol. The molecule has 1 aromatic heterocycles. The van der Waals surface area contributed by atoms with Crippen LogP contribution in [0.3, 0.4) is 0 Å². The van der Waals surface area contributed by atoms with Crippen LogP contribution in [0.2, 0.25) is 0 Å². The number of aliphatic carboxylic acids is 1. The van der Waals surface area contributed by atoms with E-state index in [1.807, 2.05) is 36.4 Å². The quantitative estimate of drug-likeness (QED) is 0.166. The van der Waals surface area contributed by atoms with Crippen LogP contribution in [-0.4, -0.2) is 40.3 Å². The van der Waals surface area contributed by atoms with Crippen molar-refractivity contribution >= 4 is 51.5 Å². The molecule has 5 rings (SSSR count). The summed E-state index contributed by atoms with van der Waals surface area (Å²) in [5.74, 6) is -1.42. The van der Waals surface area contributed by atoms with Crippen molar-refractivity contribution in [2.24, 2.45) is 0 Å². The first-order valence-electron chi connectivity index (χ1n) is 13.6. The number of carboxylic acid groups (broad SMARTS) is 1. The number of carboxylic acids is 1. The van der Waals surface area contributed by atoms with Gasteiger partial charge in [-0.05, 0) is 38.5 Å². The largest absolute Gasteiger partial charge is 0.480 e. The summed E-state index contributed by atoms with van der Waals surface area (Å²) in [6.45, 7) is 5.09. The van der Waals surface area contributed by atoms with E-state index in [-0.39, 0.29) is 17.1 Å². The summed E-state index contributed by atoms with van der Waals surface area (Å²) >= 11 is 1.32. The molecular formula is C34H30FNO6S. The normalized spacial score (nSPS) is 12.3. The van der Waals surface area contributed by atoms with Gasteiger partial charge in [-0.3, -0.25) is 4.79 Å². The highest BCUT2D eigenvalue weighted by molar-refractivity contribution is 7.98. The fourth-order valence-corrected chi connectivity index (χ4v) is 5.68. The number of thioether (sulfide) groups is 1. The number of ketones is 1. The summed E-state index contributed by atoms with van der Waals surface area (Å²) < 4.78 is 26.6. The van der Waals surface area contributed by atoms with E-state index in [1.165, 1.54) is 17.8 Å². The molecule has 220 valence electrons. The van der Waals surface area contributed by atoms with E-state index in [9.17, 15) is 19.5 Å². The zero-order chi connectivity index (χ0) is 30.7. The van der Waals surface area contributed by atoms with Crippen molar-refractivity contribution in [1.29, 1.82) is 0 Å². The molecule has 0 saturated heterocycles. The van der Waals surface area contributed by atoms with Gasteiger partial charge in [-0.25, -0.2) is 14.0 Å². The van der Waals surface area contributed by atoms with Crippen LogP contribution in [0.15, 0.2) is 89.3 Å². The van der Waals surface area contributed by atoms with Crippen LogP contribution in [0.4, 0.5) is 9.18 Å². The molecule has 0 radical (unpaired) electrons. The van der Waals surface area contributed by atoms with Gasteiger partial charge in [0.05, 0.1) is 0 Å². The number of hydrogen-bond donors (Lipinski definition) is 2. The maximum atomic E-state index is 15.4. The van der Waals surface area contributed by atoms with Crippen molar-refractivity contribution in [2.45, 2.75) is 38.2 Å². The number of amides is 1. The van der Waals surface area contributed by atoms with Crippen LogP contribution in [0.5, 0.6) is 0 Å². The molecule has 0 aliphatic rings. The molecule has 0 fully saturated rings. The highest BCUT2D eigenvalue weighted by Crippen LogP contribution is 2.36. The maximum absolute atomic E-state index is 15.4. The van der Waals surface area contributed by atoms with Crippen molar-refractivity contribution in [3.8, 4) is 11.1 Å². The van der Waals surface area contributed by atoms with Crippen LogP contribution < -0.4 is 5.32 Å². The van der Waals surface area contributed by atoms with Gasteiger partial charge in [0.2, 0.25) is 0 Å². The average Bonchev–Trinajstić information content (AvgIpc) is 3.35. The average molecular weight is 600 g/mol. The zero-order valence-corrected chi connectivity index (χ0v) is 24.7. The third-order valence-electron chi connectivity index (χ3n) is 6.68. The fourth-order valence-electron chi connectivity index (χ4n) is 4.67. The Morgan fingerprint density at radius 1 is 0.907 bits per heavy atom. The Kier molecular flexibility index (Phi) is 8.54. The van der Waals surface area contributed by atoms with Crippen molar-refractivity contribution in [1.82, 2.24) is 5.32 Å². The second kappa shape index (κ2) is 12.3. The lowest BCUT2D eigenvalue weighted by Crippen LogP contribution is -2.44. The molecule has 43 heavy (non-hydrogen) atoms. The van der Waals surface area contributed by atoms with Crippen LogP contribution in [0.1, 0.15) is 42.3 Å². The number of rotatable bonds is 9. The molecule has 0 spiro atoms. The smallest absolute Gasteiger partial charge is 0.408 e. The van der Waals surface area contributed by atoms with Crippen molar-refractivity contribution in [3.05, 3.63) is 107 Å². The number of carbonyl (C=O) groups excluding carboxylic acids is 2. The summed E-state index contributed by atoms with van der Waals surface area (Å²) in [7, 11) is 0. The lowest BCUT2D eigenvalue weighted by molar-refractivity contribution is -0.138. The highest BCUT2D eigenvalue weighted by atomic mass is 32.2. The van der Waals surface area contributed by atoms with E-state index in [0.717, 1.165) is 21.9 Å². The molecular weight excluding hydrogens is 569 g/mol. The molecule has 0 bridgehead atoms. The van der Waals surface area contributed by atoms with E-state index in [4.69, 9.17) is 9.15 Å². The minimum absolute atomic E-state index is 0.128. The van der Waals surface area contributed by atoms with Crippen LogP contribution in [0, 0.1) is 5.82 Å². The number of halogens is 1. The second-order valence-electron chi connectivity index (χ2n) is 11.1. The fraction of sp³-hybridized carbons (Fsp3) is 0.206. The van der Waals surface area contributed by atoms with Crippen molar-refractivity contribution in [3.63, 3.8) is 0 Å². The Balaban J connectivity index is 1.24. The number of nitrogens with one attached hydrogen (secondary N) is 1. The number of carbonyl (C=O) groups is 3. The molecule has 0 aliphatic carbocycles. The molecule has 1 unspecified atom stereocenters. The van der Waals surface area contributed by atoms with Gasteiger partial charge in [0, 0.05) is 44.5 Å². The molecule has 1 amide bonds. The number of hydrogen-bond acceptors (Lipinski definition) is 6. The highest BCUT2D eigenvalue weighted by Gasteiger charge is 2.24. The number of ether oxygens (including phenoxy) is 1. The van der Waals surface area contributed by atoms with Gasteiger partial charge in [0.15, 0.2) is 5.78 Å². The van der Waals surface area contributed by atoms with Gasteiger partial charge in [-0.1, -0.05) is 72.8 Å². The van der Waals surface area contributed by atoms with Crippen molar-refractivity contribution in [2.75, 3.05) is 5.75 Å². The molecule has 7 nitrogen and oxygen atoms in total. The van der Waals surface area contributed by atoms with E-state index in [2.05, 4.69) is 5.32 Å². The zero-order valence-electron chi connectivity index (χ0n) is 23.8. The molecule has 5 aromatic rings. The summed E-state index contributed by atoms with van der Waals surface area (Å²) in [6, 6.07) is 23.4. The first kappa shape index (κ1) is 29.8. The first-order valence-corrected chi connectivity index (χ1v) is 14.8. The van der Waals surface area contributed by atoms with Gasteiger partial charge in [-0.2, -0.15) is 11.8 Å². The third-order valence-corrected chi connectivity index (χ3v) is 7.79. The number of fused-ring (bicyclic) bond motifs is 3. The molecule has 1 atom stereocenters. The van der Waals surface area contributed by atoms with E-state index >= 15 is 4.39 Å². The van der Waals surface area contributed by atoms with E-state index in [1.54, 1.807) is 63.2 Å². The SMILES string of the molecule is CC(C)(C)OC(=O)NC(CSCc1ccc(C(=O)c2ccc(-c3cccc4c3oc3ccccc34)c(F)c2)cc1)C(=O)O. The number of benzene rings is 4. The lowest BCUT2D eigenvalue weighted by atomic mass is 9.97. The summed E-state index contributed by atoms with van der Waals surface area (Å²) in [4.78, 5) is 36.7. The van der Waals surface area contributed by atoms with Gasteiger partial charge >= 0.3 is 12.1 Å². The molecule has 2 N–H and O–H groups in total. The standard InChI is InChI=1S/C34H30FNO6S/c1-34(2,3)42-33(40)36-28(32(38)39)19-43-18-20-11-13-21(14-12-20)30(37)22-15-16-23(27(35)17-22)25-8-6-9-26-24-7-4-5-10-29(24)41-31(25)26/h4-17,28H,18-19H2,1-3H3,(H,36,40)(H,38,39). The van der Waals surface area contributed by atoms with E-state index < -0.39 is 29.5 Å². The number of furan rings is 1. The van der Waals surface area contributed by atoms with Gasteiger partial charge < -0.3 is 19.6 Å². The third kappa shape index (κ3) is 6.89. The summed E-state index contributed by atoms with van der Waals surface area (Å²) in [5.41, 5.74) is 3.00. The summed E-state index contributed by atoms with van der Waals surface area (Å²) in [5, 5.41) is 13.7. The van der Waals surface area contributed by atoms with Crippen LogP contribution in [0.25, 0.3) is 33.1 Å². The maximum Gasteiger partial charge on any atom is 0.408 e. The minimum Gasteiger partial charge on any atom is -0.480 e. The van der Waals surface area contributed by atoms with Crippen LogP contribution in [-0.2, 0) is 15.3 Å².